The molecule has 0 bridgehead atoms. The predicted octanol–water partition coefficient (Wildman–Crippen LogP) is 3.61. The number of fused-ring (bicyclic) bond motifs is 1. The van der Waals surface area contributed by atoms with Crippen molar-refractivity contribution in [3.05, 3.63) is 76.2 Å². The first-order chi connectivity index (χ1) is 14.9. The van der Waals surface area contributed by atoms with Crippen molar-refractivity contribution in [1.29, 1.82) is 0 Å². The Balaban J connectivity index is 1.74. The number of hydrogen-bond acceptors (Lipinski definition) is 5. The third kappa shape index (κ3) is 3.70. The summed E-state index contributed by atoms with van der Waals surface area (Å²) in [5.41, 5.74) is 3.36. The maximum Gasteiger partial charge on any atom is 0.267 e. The van der Waals surface area contributed by atoms with Crippen LogP contribution in [0.5, 0.6) is 11.5 Å². The van der Waals surface area contributed by atoms with Crippen LogP contribution in [0.2, 0.25) is 0 Å². The minimum Gasteiger partial charge on any atom is -0.497 e. The van der Waals surface area contributed by atoms with Gasteiger partial charge in [-0.05, 0) is 43.3 Å². The Labute approximate surface area is 179 Å². The number of Topliss-reactive ketones (excluding diaryl/α,β-unsaturated/α-hetero) is 1. The summed E-state index contributed by atoms with van der Waals surface area (Å²) in [6, 6.07) is 16.1. The number of ether oxygens (including phenoxy) is 2. The van der Waals surface area contributed by atoms with E-state index in [1.54, 1.807) is 20.3 Å². The summed E-state index contributed by atoms with van der Waals surface area (Å²) >= 11 is 0. The van der Waals surface area contributed by atoms with Crippen molar-refractivity contribution in [3.63, 3.8) is 0 Å². The number of carbonyl (C=O) groups excluding carboxylic acids is 1. The molecule has 0 aliphatic rings. The van der Waals surface area contributed by atoms with E-state index in [-0.39, 0.29) is 17.9 Å². The van der Waals surface area contributed by atoms with E-state index in [9.17, 15) is 9.59 Å². The quantitative estimate of drug-likeness (QED) is 0.448. The molecule has 0 N–H and O–H groups in total. The summed E-state index contributed by atoms with van der Waals surface area (Å²) in [5, 5.41) is 5.22. The number of hydrogen-bond donors (Lipinski definition) is 0. The molecule has 0 unspecified atom stereocenters. The van der Waals surface area contributed by atoms with Crippen LogP contribution < -0.4 is 15.0 Å². The molecule has 4 aromatic rings. The number of aromatic nitrogens is 3. The third-order valence-corrected chi connectivity index (χ3v) is 5.50. The highest BCUT2D eigenvalue weighted by Gasteiger charge is 2.20. The molecule has 0 spiro atoms. The summed E-state index contributed by atoms with van der Waals surface area (Å²) in [7, 11) is 5.09. The molecule has 7 nitrogen and oxygen atoms in total. The molecule has 0 fully saturated rings. The lowest BCUT2D eigenvalue weighted by molar-refractivity contribution is 0.0966. The normalized spacial score (nSPS) is 11.0. The molecule has 0 amide bonds. The number of aryl methyl sites for hydroxylation is 1. The number of ketones is 1. The van der Waals surface area contributed by atoms with E-state index in [1.807, 2.05) is 61.0 Å². The highest BCUT2D eigenvalue weighted by atomic mass is 16.5. The predicted molar refractivity (Wildman–Crippen MR) is 119 cm³/mol. The minimum absolute atomic E-state index is 0.159. The lowest BCUT2D eigenvalue weighted by atomic mass is 10.1. The van der Waals surface area contributed by atoms with Crippen LogP contribution >= 0.6 is 0 Å². The summed E-state index contributed by atoms with van der Waals surface area (Å²) in [5.74, 6) is 1.17. The van der Waals surface area contributed by atoms with Gasteiger partial charge in [0.2, 0.25) is 0 Å². The molecule has 0 aliphatic carbocycles. The van der Waals surface area contributed by atoms with E-state index in [4.69, 9.17) is 9.47 Å². The van der Waals surface area contributed by atoms with Crippen LogP contribution in [0.1, 0.15) is 16.1 Å². The summed E-state index contributed by atoms with van der Waals surface area (Å²) in [4.78, 5) is 25.7. The monoisotopic (exact) mass is 417 g/mol. The zero-order valence-corrected chi connectivity index (χ0v) is 17.9. The molecule has 31 heavy (non-hydrogen) atoms. The molecule has 0 atom stereocenters. The van der Waals surface area contributed by atoms with E-state index < -0.39 is 0 Å². The van der Waals surface area contributed by atoms with Crippen molar-refractivity contribution in [2.75, 3.05) is 14.2 Å². The summed E-state index contributed by atoms with van der Waals surface area (Å²) in [6.45, 7) is 1.73. The van der Waals surface area contributed by atoms with Gasteiger partial charge >= 0.3 is 0 Å². The highest BCUT2D eigenvalue weighted by molar-refractivity contribution is 6.09. The summed E-state index contributed by atoms with van der Waals surface area (Å²) in [6.07, 6.45) is 0. The zero-order chi connectivity index (χ0) is 22.1. The van der Waals surface area contributed by atoms with Crippen LogP contribution in [0, 0.1) is 6.92 Å². The van der Waals surface area contributed by atoms with Crippen molar-refractivity contribution >= 4 is 16.7 Å². The fraction of sp³-hybridized carbons (Fsp3) is 0.208. The number of nitrogens with zero attached hydrogens (tertiary/aromatic N) is 3. The van der Waals surface area contributed by atoms with Gasteiger partial charge in [-0.15, -0.1) is 0 Å². The first-order valence-corrected chi connectivity index (χ1v) is 9.81. The van der Waals surface area contributed by atoms with E-state index in [2.05, 4.69) is 5.10 Å². The van der Waals surface area contributed by atoms with E-state index in [0.717, 1.165) is 22.2 Å². The average Bonchev–Trinajstić information content (AvgIpc) is 3.04. The van der Waals surface area contributed by atoms with Crippen molar-refractivity contribution in [2.45, 2.75) is 13.5 Å². The molecule has 7 heteroatoms. The van der Waals surface area contributed by atoms with Gasteiger partial charge in [0.05, 0.1) is 19.9 Å². The largest absolute Gasteiger partial charge is 0.497 e. The van der Waals surface area contributed by atoms with Crippen molar-refractivity contribution in [2.24, 2.45) is 7.05 Å². The van der Waals surface area contributed by atoms with Gasteiger partial charge in [0.1, 0.15) is 18.0 Å². The molecule has 0 aliphatic heterocycles. The Kier molecular flexibility index (Phi) is 5.33. The van der Waals surface area contributed by atoms with Gasteiger partial charge in [-0.25, -0.2) is 4.68 Å². The Morgan fingerprint density at radius 3 is 2.48 bits per heavy atom. The van der Waals surface area contributed by atoms with Gasteiger partial charge in [0.25, 0.3) is 5.56 Å². The van der Waals surface area contributed by atoms with E-state index >= 15 is 0 Å². The van der Waals surface area contributed by atoms with Gasteiger partial charge in [-0.3, -0.25) is 9.59 Å². The maximum absolute atomic E-state index is 13.3. The number of methoxy groups -OCH3 is 2. The zero-order valence-electron chi connectivity index (χ0n) is 17.9. The van der Waals surface area contributed by atoms with Crippen LogP contribution in [-0.4, -0.2) is 34.4 Å². The van der Waals surface area contributed by atoms with Gasteiger partial charge in [-0.1, -0.05) is 12.1 Å². The number of carbonyl (C=O) groups is 1. The standard InChI is InChI=1S/C24H23N3O4/c1-15-24(19-13-18(31-4)8-10-21(19)26(15)2)22(28)14-27-23(29)11-9-20(25-27)16-6-5-7-17(12-16)30-3/h5-13H,14H2,1-4H3. The molecule has 2 aromatic carbocycles. The molecule has 0 saturated carbocycles. The lowest BCUT2D eigenvalue weighted by Crippen LogP contribution is -2.26. The molecular weight excluding hydrogens is 394 g/mol. The van der Waals surface area contributed by atoms with Gasteiger partial charge in [-0.2, -0.15) is 5.10 Å². The Morgan fingerprint density at radius 1 is 1.00 bits per heavy atom. The Bertz CT molecular complexity index is 1350. The Hall–Kier alpha value is -3.87. The van der Waals surface area contributed by atoms with Gasteiger partial charge in [0, 0.05) is 40.8 Å². The van der Waals surface area contributed by atoms with Crippen LogP contribution in [-0.2, 0) is 13.6 Å². The molecule has 0 saturated heterocycles. The van der Waals surface area contributed by atoms with Crippen molar-refractivity contribution in [1.82, 2.24) is 14.3 Å². The van der Waals surface area contributed by atoms with Crippen LogP contribution in [0.15, 0.2) is 59.4 Å². The molecule has 4 rings (SSSR count). The van der Waals surface area contributed by atoms with Crippen molar-refractivity contribution < 1.29 is 14.3 Å². The minimum atomic E-state index is -0.338. The van der Waals surface area contributed by atoms with Gasteiger partial charge in [0.15, 0.2) is 5.78 Å². The smallest absolute Gasteiger partial charge is 0.267 e. The third-order valence-electron chi connectivity index (χ3n) is 5.50. The lowest BCUT2D eigenvalue weighted by Gasteiger charge is -2.08. The maximum atomic E-state index is 13.3. The molecule has 158 valence electrons. The molecular formula is C24H23N3O4. The highest BCUT2D eigenvalue weighted by Crippen LogP contribution is 2.29. The number of benzene rings is 2. The second kappa shape index (κ2) is 8.10. The number of rotatable bonds is 6. The van der Waals surface area contributed by atoms with Gasteiger partial charge < -0.3 is 14.0 Å². The molecule has 2 heterocycles. The van der Waals surface area contributed by atoms with Crippen LogP contribution in [0.3, 0.4) is 0 Å². The molecule has 2 aromatic heterocycles. The van der Waals surface area contributed by atoms with Crippen LogP contribution in [0.4, 0.5) is 0 Å². The first-order valence-electron chi connectivity index (χ1n) is 9.81. The molecule has 0 radical (unpaired) electrons. The van der Waals surface area contributed by atoms with E-state index in [0.29, 0.717) is 22.8 Å². The Morgan fingerprint density at radius 2 is 1.74 bits per heavy atom. The SMILES string of the molecule is COc1cccc(-c2ccc(=O)n(CC(=O)c3c(C)n(C)c4ccc(OC)cc34)n2)c1. The van der Waals surface area contributed by atoms with Crippen LogP contribution in [0.25, 0.3) is 22.2 Å². The average molecular weight is 417 g/mol. The fourth-order valence-electron chi connectivity index (χ4n) is 3.74. The van der Waals surface area contributed by atoms with Crippen molar-refractivity contribution in [3.8, 4) is 22.8 Å². The summed E-state index contributed by atoms with van der Waals surface area (Å²) < 4.78 is 13.8. The van der Waals surface area contributed by atoms with E-state index in [1.165, 1.54) is 10.7 Å². The second-order valence-corrected chi connectivity index (χ2v) is 7.27. The fourth-order valence-corrected chi connectivity index (χ4v) is 3.74. The topological polar surface area (TPSA) is 75.3 Å². The first kappa shape index (κ1) is 20.4. The second-order valence-electron chi connectivity index (χ2n) is 7.27.